The molecule has 0 aliphatic heterocycles. The summed E-state index contributed by atoms with van der Waals surface area (Å²) in [6.07, 6.45) is 7.60. The van der Waals surface area contributed by atoms with Gasteiger partial charge < -0.3 is 9.88 Å². The second-order valence-electron chi connectivity index (χ2n) is 7.82. The Balaban J connectivity index is 1.36. The third-order valence-electron chi connectivity index (χ3n) is 5.68. The minimum Gasteiger partial charge on any atom is -0.322 e. The van der Waals surface area contributed by atoms with Crippen molar-refractivity contribution in [2.45, 2.75) is 32.2 Å². The smallest absolute Gasteiger partial charge is 0.277 e. The van der Waals surface area contributed by atoms with Crippen molar-refractivity contribution in [3.63, 3.8) is 0 Å². The van der Waals surface area contributed by atoms with Crippen molar-refractivity contribution in [3.05, 3.63) is 99.5 Å². The van der Waals surface area contributed by atoms with Crippen molar-refractivity contribution in [1.29, 1.82) is 0 Å². The number of halogens is 1. The molecule has 2 aromatic heterocycles. The number of hydrogen-bond donors (Lipinski definition) is 1. The predicted molar refractivity (Wildman–Crippen MR) is 116 cm³/mol. The van der Waals surface area contributed by atoms with E-state index in [2.05, 4.69) is 10.4 Å². The zero-order valence-electron chi connectivity index (χ0n) is 16.8. The summed E-state index contributed by atoms with van der Waals surface area (Å²) in [4.78, 5) is 25.5. The monoisotopic (exact) mass is 416 g/mol. The molecule has 6 nitrogen and oxygen atoms in total. The van der Waals surface area contributed by atoms with Crippen LogP contribution in [0.2, 0.25) is 0 Å². The second kappa shape index (κ2) is 7.83. The largest absolute Gasteiger partial charge is 0.322 e. The molecular formula is C24H21FN4O2. The molecule has 1 aliphatic carbocycles. The maximum atomic E-state index is 13.3. The Morgan fingerprint density at radius 1 is 1.06 bits per heavy atom. The minimum absolute atomic E-state index is 0.0499. The fraction of sp³-hybridized carbons (Fsp3) is 0.208. The van der Waals surface area contributed by atoms with Gasteiger partial charge in [0.05, 0.1) is 12.2 Å². The molecule has 31 heavy (non-hydrogen) atoms. The molecule has 156 valence electrons. The number of carbonyl (C=O) groups excluding carboxylic acids is 1. The number of rotatable bonds is 4. The molecule has 0 saturated carbocycles. The maximum absolute atomic E-state index is 13.3. The van der Waals surface area contributed by atoms with Crippen LogP contribution >= 0.6 is 0 Å². The van der Waals surface area contributed by atoms with E-state index >= 15 is 0 Å². The van der Waals surface area contributed by atoms with Gasteiger partial charge in [0.25, 0.3) is 11.5 Å². The topological polar surface area (TPSA) is 68.4 Å². The average molecular weight is 416 g/mol. The summed E-state index contributed by atoms with van der Waals surface area (Å²) in [7, 11) is 0. The quantitative estimate of drug-likeness (QED) is 0.550. The highest BCUT2D eigenvalue weighted by Gasteiger charge is 2.19. The highest BCUT2D eigenvalue weighted by Crippen LogP contribution is 2.22. The number of anilines is 1. The zero-order chi connectivity index (χ0) is 21.4. The summed E-state index contributed by atoms with van der Waals surface area (Å²) in [6.45, 7) is 0.404. The first-order valence-electron chi connectivity index (χ1n) is 10.3. The van der Waals surface area contributed by atoms with E-state index in [4.69, 9.17) is 0 Å². The van der Waals surface area contributed by atoms with Gasteiger partial charge in [0.15, 0.2) is 0 Å². The fourth-order valence-electron chi connectivity index (χ4n) is 4.11. The molecule has 2 heterocycles. The molecule has 0 spiro atoms. The van der Waals surface area contributed by atoms with Crippen LogP contribution in [0.1, 0.15) is 40.0 Å². The molecule has 2 aromatic carbocycles. The Labute approximate surface area is 178 Å². The summed E-state index contributed by atoms with van der Waals surface area (Å²) in [5.74, 6) is -0.725. The van der Waals surface area contributed by atoms with Gasteiger partial charge in [0, 0.05) is 29.2 Å². The Hall–Kier alpha value is -3.74. The number of nitrogens with one attached hydrogen (secondary N) is 1. The molecule has 0 atom stereocenters. The van der Waals surface area contributed by atoms with Crippen LogP contribution in [-0.2, 0) is 19.4 Å². The molecule has 0 radical (unpaired) electrons. The summed E-state index contributed by atoms with van der Waals surface area (Å²) in [6, 6.07) is 12.8. The molecule has 0 bridgehead atoms. The lowest BCUT2D eigenvalue weighted by molar-refractivity contribution is 0.102. The summed E-state index contributed by atoms with van der Waals surface area (Å²) in [5, 5.41) is 7.25. The summed E-state index contributed by atoms with van der Waals surface area (Å²) in [5.41, 5.74) is 4.50. The van der Waals surface area contributed by atoms with E-state index in [9.17, 15) is 14.0 Å². The van der Waals surface area contributed by atoms with Crippen molar-refractivity contribution >= 4 is 17.1 Å². The zero-order valence-corrected chi connectivity index (χ0v) is 16.8. The van der Waals surface area contributed by atoms with Gasteiger partial charge >= 0.3 is 0 Å². The van der Waals surface area contributed by atoms with E-state index in [1.807, 2.05) is 18.3 Å². The highest BCUT2D eigenvalue weighted by molar-refractivity contribution is 6.04. The van der Waals surface area contributed by atoms with E-state index in [1.165, 1.54) is 12.1 Å². The van der Waals surface area contributed by atoms with E-state index in [0.29, 0.717) is 23.3 Å². The van der Waals surface area contributed by atoms with Crippen LogP contribution in [-0.4, -0.2) is 20.1 Å². The average Bonchev–Trinajstić information content (AvgIpc) is 3.15. The Morgan fingerprint density at radius 3 is 2.68 bits per heavy atom. The highest BCUT2D eigenvalue weighted by atomic mass is 19.1. The fourth-order valence-corrected chi connectivity index (χ4v) is 4.11. The second-order valence-corrected chi connectivity index (χ2v) is 7.82. The van der Waals surface area contributed by atoms with Gasteiger partial charge in [-0.15, -0.1) is 0 Å². The predicted octanol–water partition coefficient (Wildman–Crippen LogP) is 3.81. The third-order valence-corrected chi connectivity index (χ3v) is 5.68. The number of hydrogen-bond acceptors (Lipinski definition) is 3. The SMILES string of the molecule is O=C(Nc1cccc(F)c1)c1ccc(Cn2ccn3nc4c(c3c2=O)CCCC4)cc1. The normalized spacial score (nSPS) is 13.2. The van der Waals surface area contributed by atoms with Crippen LogP contribution in [0, 0.1) is 5.82 Å². The third kappa shape index (κ3) is 3.74. The molecule has 4 aromatic rings. The summed E-state index contributed by atoms with van der Waals surface area (Å²) < 4.78 is 16.7. The molecular weight excluding hydrogens is 395 g/mol. The minimum atomic E-state index is -0.407. The number of carbonyl (C=O) groups is 1. The van der Waals surface area contributed by atoms with Gasteiger partial charge in [0.2, 0.25) is 0 Å². The first-order valence-corrected chi connectivity index (χ1v) is 10.3. The van der Waals surface area contributed by atoms with Crippen molar-refractivity contribution in [2.75, 3.05) is 5.32 Å². The summed E-state index contributed by atoms with van der Waals surface area (Å²) >= 11 is 0. The van der Waals surface area contributed by atoms with Gasteiger partial charge in [0.1, 0.15) is 11.3 Å². The lowest BCUT2D eigenvalue weighted by Crippen LogP contribution is -2.23. The number of aromatic nitrogens is 3. The first kappa shape index (κ1) is 19.2. The molecule has 0 unspecified atom stereocenters. The van der Waals surface area contributed by atoms with Crippen molar-refractivity contribution in [1.82, 2.24) is 14.2 Å². The van der Waals surface area contributed by atoms with Crippen LogP contribution in [0.5, 0.6) is 0 Å². The number of fused-ring (bicyclic) bond motifs is 3. The van der Waals surface area contributed by atoms with Crippen molar-refractivity contribution in [2.24, 2.45) is 0 Å². The van der Waals surface area contributed by atoms with Crippen LogP contribution in [0.25, 0.3) is 5.52 Å². The van der Waals surface area contributed by atoms with E-state index in [-0.39, 0.29) is 11.5 Å². The molecule has 1 amide bonds. The van der Waals surface area contributed by atoms with Crippen molar-refractivity contribution in [3.8, 4) is 0 Å². The number of amides is 1. The van der Waals surface area contributed by atoms with E-state index in [0.717, 1.165) is 42.5 Å². The van der Waals surface area contributed by atoms with Gasteiger partial charge in [-0.2, -0.15) is 5.10 Å². The van der Waals surface area contributed by atoms with Crippen molar-refractivity contribution < 1.29 is 9.18 Å². The lowest BCUT2D eigenvalue weighted by atomic mass is 9.97. The molecule has 0 saturated heterocycles. The lowest BCUT2D eigenvalue weighted by Gasteiger charge is -2.10. The van der Waals surface area contributed by atoms with E-state index < -0.39 is 5.82 Å². The molecule has 7 heteroatoms. The van der Waals surface area contributed by atoms with Gasteiger partial charge in [-0.3, -0.25) is 9.59 Å². The molecule has 0 fully saturated rings. The number of aryl methyl sites for hydroxylation is 2. The first-order chi connectivity index (χ1) is 15.1. The molecule has 5 rings (SSSR count). The Bertz CT molecular complexity index is 1340. The van der Waals surface area contributed by atoms with Crippen LogP contribution in [0.15, 0.2) is 65.7 Å². The van der Waals surface area contributed by atoms with Crippen LogP contribution < -0.4 is 10.9 Å². The standard InChI is InChI=1S/C24H21FN4O2/c25-18-4-3-5-19(14-18)26-23(30)17-10-8-16(9-11-17)15-28-12-13-29-22(24(28)31)20-6-1-2-7-21(20)27-29/h3-5,8-14H,1-2,6-7,15H2,(H,26,30). The Morgan fingerprint density at radius 2 is 1.87 bits per heavy atom. The Kier molecular flexibility index (Phi) is 4.86. The van der Waals surface area contributed by atoms with E-state index in [1.54, 1.807) is 39.5 Å². The van der Waals surface area contributed by atoms with Gasteiger partial charge in [-0.05, 0) is 61.6 Å². The number of benzene rings is 2. The maximum Gasteiger partial charge on any atom is 0.277 e. The number of nitrogens with zero attached hydrogens (tertiary/aromatic N) is 3. The molecule has 1 aliphatic rings. The molecule has 1 N–H and O–H groups in total. The van der Waals surface area contributed by atoms with Crippen LogP contribution in [0.3, 0.4) is 0 Å². The van der Waals surface area contributed by atoms with Gasteiger partial charge in [-0.25, -0.2) is 8.91 Å². The van der Waals surface area contributed by atoms with Gasteiger partial charge in [-0.1, -0.05) is 18.2 Å². The van der Waals surface area contributed by atoms with Crippen LogP contribution in [0.4, 0.5) is 10.1 Å².